The summed E-state index contributed by atoms with van der Waals surface area (Å²) >= 11 is 0. The van der Waals surface area contributed by atoms with Gasteiger partial charge < -0.3 is 24.6 Å². The Morgan fingerprint density at radius 3 is 3.10 bits per heavy atom. The molecule has 0 aromatic carbocycles. The van der Waals surface area contributed by atoms with E-state index in [2.05, 4.69) is 15.3 Å². The predicted molar refractivity (Wildman–Crippen MR) is 74.2 cm³/mol. The molecule has 0 bridgehead atoms. The van der Waals surface area contributed by atoms with Crippen molar-refractivity contribution in [1.82, 2.24) is 15.3 Å². The molecule has 2 heterocycles. The van der Waals surface area contributed by atoms with Gasteiger partial charge in [-0.15, -0.1) is 0 Å². The number of aliphatic hydroxyl groups excluding tert-OH is 1. The van der Waals surface area contributed by atoms with Gasteiger partial charge in [0.25, 0.3) is 11.5 Å². The Bertz CT molecular complexity index is 676. The van der Waals surface area contributed by atoms with Crippen LogP contribution in [0.4, 0.5) is 0 Å². The number of aliphatic hydroxyl groups is 1. The number of carbonyl (C=O) groups excluding carboxylic acids is 1. The van der Waals surface area contributed by atoms with Crippen molar-refractivity contribution in [3.8, 4) is 0 Å². The Morgan fingerprint density at radius 2 is 2.33 bits per heavy atom. The smallest absolute Gasteiger partial charge is 0.262 e. The number of hydrogen-bond acceptors (Lipinski definition) is 6. The summed E-state index contributed by atoms with van der Waals surface area (Å²) in [7, 11) is 0. The molecule has 1 amide bonds. The molecule has 0 fully saturated rings. The highest BCUT2D eigenvalue weighted by Crippen LogP contribution is 2.19. The van der Waals surface area contributed by atoms with Gasteiger partial charge in [0.05, 0.1) is 25.1 Å². The molecular formula is C13H17N3O5. The molecule has 0 radical (unpaired) electrons. The maximum absolute atomic E-state index is 12.1. The second kappa shape index (κ2) is 7.00. The molecule has 0 aliphatic rings. The first-order valence-electron chi connectivity index (χ1n) is 6.58. The Balaban J connectivity index is 2.03. The van der Waals surface area contributed by atoms with Crippen LogP contribution in [0.3, 0.4) is 0 Å². The van der Waals surface area contributed by atoms with Crippen molar-refractivity contribution in [3.63, 3.8) is 0 Å². The number of amides is 1. The molecule has 21 heavy (non-hydrogen) atoms. The van der Waals surface area contributed by atoms with Crippen molar-refractivity contribution in [2.45, 2.75) is 13.3 Å². The van der Waals surface area contributed by atoms with Crippen molar-refractivity contribution < 1.29 is 19.1 Å². The van der Waals surface area contributed by atoms with Gasteiger partial charge >= 0.3 is 0 Å². The maximum atomic E-state index is 12.1. The van der Waals surface area contributed by atoms with Crippen LogP contribution in [-0.2, 0) is 4.74 Å². The zero-order valence-corrected chi connectivity index (χ0v) is 11.6. The summed E-state index contributed by atoms with van der Waals surface area (Å²) in [6.45, 7) is 2.70. The van der Waals surface area contributed by atoms with Gasteiger partial charge in [0, 0.05) is 13.2 Å². The molecule has 114 valence electrons. The van der Waals surface area contributed by atoms with Crippen LogP contribution in [0.25, 0.3) is 11.1 Å². The lowest BCUT2D eigenvalue weighted by atomic mass is 10.2. The highest BCUT2D eigenvalue weighted by atomic mass is 16.5. The Morgan fingerprint density at radius 1 is 1.52 bits per heavy atom. The molecule has 8 nitrogen and oxygen atoms in total. The number of nitrogens with zero attached hydrogens (tertiary/aromatic N) is 1. The molecule has 8 heteroatoms. The maximum Gasteiger partial charge on any atom is 0.262 e. The first kappa shape index (κ1) is 15.2. The lowest BCUT2D eigenvalue weighted by molar-refractivity contribution is 0.0867. The van der Waals surface area contributed by atoms with E-state index in [1.54, 1.807) is 6.92 Å². The lowest BCUT2D eigenvalue weighted by Crippen LogP contribution is -2.26. The van der Waals surface area contributed by atoms with Gasteiger partial charge in [-0.1, -0.05) is 0 Å². The largest absolute Gasteiger partial charge is 0.442 e. The van der Waals surface area contributed by atoms with Crippen LogP contribution in [0.5, 0.6) is 0 Å². The van der Waals surface area contributed by atoms with Gasteiger partial charge in [0.2, 0.25) is 5.71 Å². The van der Waals surface area contributed by atoms with E-state index in [9.17, 15) is 9.59 Å². The fraction of sp³-hybridized carbons (Fsp3) is 0.462. The van der Waals surface area contributed by atoms with Crippen LogP contribution in [0.2, 0.25) is 0 Å². The summed E-state index contributed by atoms with van der Waals surface area (Å²) in [5.41, 5.74) is -0.0587. The molecule has 3 N–H and O–H groups in total. The number of furan rings is 1. The molecule has 0 unspecified atom stereocenters. The van der Waals surface area contributed by atoms with Crippen LogP contribution in [0.1, 0.15) is 22.5 Å². The van der Waals surface area contributed by atoms with Gasteiger partial charge in [0.15, 0.2) is 0 Å². The molecule has 2 rings (SSSR count). The second-order valence-corrected chi connectivity index (χ2v) is 4.39. The zero-order valence-electron chi connectivity index (χ0n) is 11.6. The average molecular weight is 295 g/mol. The number of H-pyrrole nitrogens is 1. The van der Waals surface area contributed by atoms with Crippen molar-refractivity contribution in [2.24, 2.45) is 0 Å². The predicted octanol–water partition coefficient (Wildman–Crippen LogP) is -0.0467. The van der Waals surface area contributed by atoms with Gasteiger partial charge in [-0.3, -0.25) is 9.59 Å². The SMILES string of the molecule is Cc1oc2nc[nH]c(=O)c2c1C(=O)NCCCOCCO. The van der Waals surface area contributed by atoms with Crippen LogP contribution in [0.15, 0.2) is 15.5 Å². The summed E-state index contributed by atoms with van der Waals surface area (Å²) in [5, 5.41) is 11.4. The number of ether oxygens (including phenoxy) is 1. The van der Waals surface area contributed by atoms with Crippen LogP contribution < -0.4 is 10.9 Å². The quantitative estimate of drug-likeness (QED) is 0.617. The minimum atomic E-state index is -0.409. The van der Waals surface area contributed by atoms with Crippen molar-refractivity contribution in [1.29, 1.82) is 0 Å². The lowest BCUT2D eigenvalue weighted by Gasteiger charge is -2.05. The first-order chi connectivity index (χ1) is 10.1. The monoisotopic (exact) mass is 295 g/mol. The fourth-order valence-corrected chi connectivity index (χ4v) is 1.96. The molecular weight excluding hydrogens is 278 g/mol. The fourth-order valence-electron chi connectivity index (χ4n) is 1.96. The van der Waals surface area contributed by atoms with E-state index in [0.29, 0.717) is 25.3 Å². The summed E-state index contributed by atoms with van der Waals surface area (Å²) in [6, 6.07) is 0. The highest BCUT2D eigenvalue weighted by molar-refractivity contribution is 6.06. The van der Waals surface area contributed by atoms with Gasteiger partial charge in [-0.25, -0.2) is 4.98 Å². The van der Waals surface area contributed by atoms with E-state index in [4.69, 9.17) is 14.3 Å². The second-order valence-electron chi connectivity index (χ2n) is 4.39. The Kier molecular flexibility index (Phi) is 5.07. The number of aromatic amines is 1. The van der Waals surface area contributed by atoms with Crippen LogP contribution in [-0.4, -0.2) is 47.3 Å². The molecule has 0 aliphatic carbocycles. The standard InChI is InChI=1S/C13H17N3O5/c1-8-9(10-12(19)15-7-16-13(10)21-8)11(18)14-3-2-5-20-6-4-17/h7,17H,2-6H2,1H3,(H,14,18)(H,15,16,19). The summed E-state index contributed by atoms with van der Waals surface area (Å²) < 4.78 is 10.4. The molecule has 0 spiro atoms. The number of nitrogens with one attached hydrogen (secondary N) is 2. The third-order valence-electron chi connectivity index (χ3n) is 2.88. The number of fused-ring (bicyclic) bond motifs is 1. The summed E-state index contributed by atoms with van der Waals surface area (Å²) in [4.78, 5) is 30.2. The van der Waals surface area contributed by atoms with Crippen molar-refractivity contribution in [2.75, 3.05) is 26.4 Å². The summed E-state index contributed by atoms with van der Waals surface area (Å²) in [6.07, 6.45) is 1.84. The van der Waals surface area contributed by atoms with Gasteiger partial charge in [-0.05, 0) is 13.3 Å². The number of rotatable bonds is 7. The number of aromatic nitrogens is 2. The Labute approximate surface area is 120 Å². The third kappa shape index (κ3) is 3.47. The van der Waals surface area contributed by atoms with Crippen LogP contribution >= 0.6 is 0 Å². The minimum Gasteiger partial charge on any atom is -0.442 e. The highest BCUT2D eigenvalue weighted by Gasteiger charge is 2.21. The van der Waals surface area contributed by atoms with Crippen molar-refractivity contribution >= 4 is 17.0 Å². The molecule has 2 aromatic rings. The van der Waals surface area contributed by atoms with E-state index in [0.717, 1.165) is 0 Å². The number of aryl methyl sites for hydroxylation is 1. The minimum absolute atomic E-state index is 0.0255. The van der Waals surface area contributed by atoms with Crippen LogP contribution in [0, 0.1) is 6.92 Å². The average Bonchev–Trinajstić information content (AvgIpc) is 2.80. The number of hydrogen-bond donors (Lipinski definition) is 3. The summed E-state index contributed by atoms with van der Waals surface area (Å²) in [5.74, 6) is -0.0323. The van der Waals surface area contributed by atoms with Gasteiger partial charge in [-0.2, -0.15) is 0 Å². The number of carbonyl (C=O) groups is 1. The van der Waals surface area contributed by atoms with Crippen molar-refractivity contribution in [3.05, 3.63) is 28.0 Å². The topological polar surface area (TPSA) is 117 Å². The van der Waals surface area contributed by atoms with Gasteiger partial charge in [0.1, 0.15) is 11.1 Å². The third-order valence-corrected chi connectivity index (χ3v) is 2.88. The van der Waals surface area contributed by atoms with E-state index in [-0.39, 0.29) is 35.8 Å². The zero-order chi connectivity index (χ0) is 15.2. The van der Waals surface area contributed by atoms with E-state index >= 15 is 0 Å². The molecule has 0 saturated carbocycles. The first-order valence-corrected chi connectivity index (χ1v) is 6.58. The molecule has 2 aromatic heterocycles. The van der Waals surface area contributed by atoms with E-state index in [1.807, 2.05) is 0 Å². The van der Waals surface area contributed by atoms with E-state index < -0.39 is 5.56 Å². The normalized spacial score (nSPS) is 11.0. The molecule has 0 aliphatic heterocycles. The Hall–Kier alpha value is -2.19. The van der Waals surface area contributed by atoms with E-state index in [1.165, 1.54) is 6.33 Å². The molecule has 0 atom stereocenters. The molecule has 0 saturated heterocycles.